The molecular weight excluding hydrogens is 405 g/mol. The molecule has 0 spiro atoms. The third-order valence-corrected chi connectivity index (χ3v) is 5.51. The van der Waals surface area contributed by atoms with E-state index in [4.69, 9.17) is 14.2 Å². The fourth-order valence-corrected chi connectivity index (χ4v) is 3.95. The number of unbranched alkanes of at least 4 members (excludes halogenated alkanes) is 5. The third-order valence-electron chi connectivity index (χ3n) is 5.51. The predicted octanol–water partition coefficient (Wildman–Crippen LogP) is 7.77. The van der Waals surface area contributed by atoms with Gasteiger partial charge in [0.15, 0.2) is 0 Å². The Morgan fingerprint density at radius 2 is 1.23 bits per heavy atom. The van der Waals surface area contributed by atoms with Gasteiger partial charge in [0.1, 0.15) is 0 Å². The monoisotopic (exact) mass is 446 g/mol. The van der Waals surface area contributed by atoms with Crippen molar-refractivity contribution in [3.8, 4) is 0 Å². The number of hydrogen-bond donors (Lipinski definition) is 0. The molecule has 0 aromatic heterocycles. The quantitative estimate of drug-likeness (QED) is 0.181. The Balaban J connectivity index is 2.88. The number of ether oxygens (including phenoxy) is 3. The van der Waals surface area contributed by atoms with E-state index in [2.05, 4.69) is 6.92 Å². The van der Waals surface area contributed by atoms with Gasteiger partial charge in [-0.25, -0.2) is 0 Å². The Hall–Kier alpha value is -1.11. The highest BCUT2D eigenvalue weighted by Crippen LogP contribution is 2.35. The molecule has 0 aliphatic rings. The van der Waals surface area contributed by atoms with Gasteiger partial charge in [-0.2, -0.15) is 13.2 Å². The van der Waals surface area contributed by atoms with Crippen LogP contribution < -0.4 is 0 Å². The molecule has 0 bridgehead atoms. The lowest BCUT2D eigenvalue weighted by molar-refractivity contribution is -0.403. The number of alkyl halides is 3. The molecule has 1 atom stereocenters. The summed E-state index contributed by atoms with van der Waals surface area (Å²) in [5, 5.41) is 0. The van der Waals surface area contributed by atoms with Crippen molar-refractivity contribution in [3.63, 3.8) is 0 Å². The molecule has 1 aromatic rings. The van der Waals surface area contributed by atoms with Crippen LogP contribution in [0, 0.1) is 5.92 Å². The van der Waals surface area contributed by atoms with Gasteiger partial charge in [0.05, 0.1) is 5.56 Å². The van der Waals surface area contributed by atoms with Crippen LogP contribution in [0.3, 0.4) is 0 Å². The maximum Gasteiger partial charge on any atom is 0.416 e. The highest BCUT2D eigenvalue weighted by Gasteiger charge is 2.41. The minimum atomic E-state index is -4.31. The van der Waals surface area contributed by atoms with Gasteiger partial charge in [0, 0.05) is 25.7 Å². The standard InChI is InChI=1S/C25H41F3O3/c1-5-9-10-11-12-13-14-23(25(29-6-2,30-7-3)31-8-4)20-17-21-15-18-22(19-16-21)24(26,27)28/h15-16,18-19,23H,5-14,17,20H2,1-4H3. The summed E-state index contributed by atoms with van der Waals surface area (Å²) in [5.74, 6) is -1.10. The minimum Gasteiger partial charge on any atom is -0.328 e. The van der Waals surface area contributed by atoms with Crippen LogP contribution in [0.1, 0.15) is 90.2 Å². The van der Waals surface area contributed by atoms with Crippen LogP contribution in [0.25, 0.3) is 0 Å². The van der Waals surface area contributed by atoms with Gasteiger partial charge in [0.2, 0.25) is 0 Å². The van der Waals surface area contributed by atoms with E-state index < -0.39 is 17.7 Å². The van der Waals surface area contributed by atoms with Crippen LogP contribution in [0.2, 0.25) is 0 Å². The van der Waals surface area contributed by atoms with Crippen molar-refractivity contribution in [3.05, 3.63) is 35.4 Å². The lowest BCUT2D eigenvalue weighted by Crippen LogP contribution is -2.47. The molecule has 0 aliphatic carbocycles. The molecule has 0 radical (unpaired) electrons. The number of halogens is 3. The molecule has 0 amide bonds. The minimum absolute atomic E-state index is 0.000757. The highest BCUT2D eigenvalue weighted by atomic mass is 19.4. The Morgan fingerprint density at radius 1 is 0.710 bits per heavy atom. The molecule has 0 saturated heterocycles. The summed E-state index contributed by atoms with van der Waals surface area (Å²) in [6, 6.07) is 5.43. The molecule has 0 N–H and O–H groups in total. The van der Waals surface area contributed by atoms with Gasteiger partial charge in [-0.1, -0.05) is 57.6 Å². The average Bonchev–Trinajstić information content (AvgIpc) is 2.73. The molecular formula is C25H41F3O3. The van der Waals surface area contributed by atoms with Crippen LogP contribution in [-0.4, -0.2) is 25.8 Å². The molecule has 0 aliphatic heterocycles. The van der Waals surface area contributed by atoms with Gasteiger partial charge in [0.25, 0.3) is 5.97 Å². The summed E-state index contributed by atoms with van der Waals surface area (Å²) >= 11 is 0. The largest absolute Gasteiger partial charge is 0.416 e. The second kappa shape index (κ2) is 14.9. The van der Waals surface area contributed by atoms with E-state index >= 15 is 0 Å². The molecule has 1 unspecified atom stereocenters. The SMILES string of the molecule is CCCCCCCCC(CCc1ccc(C(F)(F)F)cc1)C(OCC)(OCC)OCC. The first-order valence-electron chi connectivity index (χ1n) is 11.9. The first kappa shape index (κ1) is 27.9. The summed E-state index contributed by atoms with van der Waals surface area (Å²) in [4.78, 5) is 0. The molecule has 1 rings (SSSR count). The second-order valence-corrected chi connectivity index (χ2v) is 7.89. The zero-order chi connectivity index (χ0) is 23.2. The smallest absolute Gasteiger partial charge is 0.328 e. The van der Waals surface area contributed by atoms with Gasteiger partial charge >= 0.3 is 6.18 Å². The normalized spacial score (nSPS) is 13.5. The van der Waals surface area contributed by atoms with Crippen LogP contribution in [0.5, 0.6) is 0 Å². The molecule has 6 heteroatoms. The number of hydrogen-bond acceptors (Lipinski definition) is 3. The van der Waals surface area contributed by atoms with Crippen LogP contribution in [0.4, 0.5) is 13.2 Å². The van der Waals surface area contributed by atoms with Crippen LogP contribution in [-0.2, 0) is 26.8 Å². The number of aryl methyl sites for hydroxylation is 1. The molecule has 1 aromatic carbocycles. The van der Waals surface area contributed by atoms with Crippen molar-refractivity contribution in [1.29, 1.82) is 0 Å². The van der Waals surface area contributed by atoms with E-state index in [-0.39, 0.29) is 5.92 Å². The Kier molecular flexibility index (Phi) is 13.4. The molecule has 0 heterocycles. The van der Waals surface area contributed by atoms with Crippen molar-refractivity contribution in [2.45, 2.75) is 97.6 Å². The Labute approximate surface area is 186 Å². The summed E-state index contributed by atoms with van der Waals surface area (Å²) in [6.07, 6.45) is 5.10. The molecule has 3 nitrogen and oxygen atoms in total. The van der Waals surface area contributed by atoms with Crippen LogP contribution in [0.15, 0.2) is 24.3 Å². The van der Waals surface area contributed by atoms with Crippen molar-refractivity contribution >= 4 is 0 Å². The Morgan fingerprint density at radius 3 is 1.71 bits per heavy atom. The maximum atomic E-state index is 12.8. The molecule has 0 saturated carbocycles. The fourth-order valence-electron chi connectivity index (χ4n) is 3.95. The zero-order valence-electron chi connectivity index (χ0n) is 19.7. The number of benzene rings is 1. The summed E-state index contributed by atoms with van der Waals surface area (Å²) < 4.78 is 56.6. The summed E-state index contributed by atoms with van der Waals surface area (Å²) in [7, 11) is 0. The third kappa shape index (κ3) is 9.92. The van der Waals surface area contributed by atoms with E-state index in [1.807, 2.05) is 20.8 Å². The van der Waals surface area contributed by atoms with Crippen molar-refractivity contribution in [1.82, 2.24) is 0 Å². The van der Waals surface area contributed by atoms with Crippen LogP contribution >= 0.6 is 0 Å². The molecule has 0 fully saturated rings. The molecule has 31 heavy (non-hydrogen) atoms. The van der Waals surface area contributed by atoms with Crippen molar-refractivity contribution in [2.24, 2.45) is 5.92 Å². The lowest BCUT2D eigenvalue weighted by atomic mass is 9.91. The van der Waals surface area contributed by atoms with Crippen molar-refractivity contribution < 1.29 is 27.4 Å². The van der Waals surface area contributed by atoms with E-state index in [1.165, 1.54) is 25.7 Å². The lowest BCUT2D eigenvalue weighted by Gasteiger charge is -2.39. The summed E-state index contributed by atoms with van der Waals surface area (Å²) in [5.41, 5.74) is 0.256. The molecule has 180 valence electrons. The van der Waals surface area contributed by atoms with Gasteiger partial charge in [-0.05, 0) is 57.7 Å². The number of rotatable bonds is 17. The highest BCUT2D eigenvalue weighted by molar-refractivity contribution is 5.24. The van der Waals surface area contributed by atoms with Crippen molar-refractivity contribution in [2.75, 3.05) is 19.8 Å². The Bertz CT molecular complexity index is 555. The fraction of sp³-hybridized carbons (Fsp3) is 0.760. The van der Waals surface area contributed by atoms with E-state index in [1.54, 1.807) is 12.1 Å². The van der Waals surface area contributed by atoms with E-state index in [9.17, 15) is 13.2 Å². The summed E-state index contributed by atoms with van der Waals surface area (Å²) in [6.45, 7) is 9.37. The zero-order valence-corrected chi connectivity index (χ0v) is 19.7. The topological polar surface area (TPSA) is 27.7 Å². The first-order chi connectivity index (χ1) is 14.8. The van der Waals surface area contributed by atoms with Gasteiger partial charge in [-0.3, -0.25) is 0 Å². The average molecular weight is 447 g/mol. The second-order valence-electron chi connectivity index (χ2n) is 7.89. The van der Waals surface area contributed by atoms with Gasteiger partial charge < -0.3 is 14.2 Å². The maximum absolute atomic E-state index is 12.8. The first-order valence-corrected chi connectivity index (χ1v) is 11.9. The van der Waals surface area contributed by atoms with Gasteiger partial charge in [-0.15, -0.1) is 0 Å². The predicted molar refractivity (Wildman–Crippen MR) is 119 cm³/mol. The van der Waals surface area contributed by atoms with E-state index in [0.717, 1.165) is 43.4 Å². The van der Waals surface area contributed by atoms with E-state index in [0.29, 0.717) is 26.2 Å².